The molecular formula is C23H30N2O. The van der Waals surface area contributed by atoms with E-state index in [-0.39, 0.29) is 5.41 Å². The zero-order valence-corrected chi connectivity index (χ0v) is 16.2. The smallest absolute Gasteiger partial charge is 0.138 e. The summed E-state index contributed by atoms with van der Waals surface area (Å²) in [6, 6.07) is 8.30. The Kier molecular flexibility index (Phi) is 5.57. The van der Waals surface area contributed by atoms with E-state index in [2.05, 4.69) is 26.0 Å². The molecule has 3 saturated carbocycles. The number of fused-ring (bicyclic) bond motifs is 3. The van der Waals surface area contributed by atoms with Gasteiger partial charge in [0.05, 0.1) is 12.2 Å². The van der Waals surface area contributed by atoms with Gasteiger partial charge in [0.15, 0.2) is 0 Å². The van der Waals surface area contributed by atoms with Gasteiger partial charge in [0.2, 0.25) is 0 Å². The molecule has 0 spiro atoms. The zero-order chi connectivity index (χ0) is 18.6. The molecule has 0 aromatic heterocycles. The first-order valence-electron chi connectivity index (χ1n) is 10.2. The number of nitriles is 2. The van der Waals surface area contributed by atoms with Crippen LogP contribution in [0.1, 0.15) is 88.3 Å². The maximum Gasteiger partial charge on any atom is 0.138 e. The summed E-state index contributed by atoms with van der Waals surface area (Å²) >= 11 is 0. The molecule has 2 bridgehead atoms. The Morgan fingerprint density at radius 3 is 2.04 bits per heavy atom. The molecule has 1 aromatic carbocycles. The Labute approximate surface area is 158 Å². The molecule has 0 radical (unpaired) electrons. The minimum Gasteiger partial charge on any atom is -0.492 e. The number of aryl methyl sites for hydroxylation is 1. The highest BCUT2D eigenvalue weighted by molar-refractivity contribution is 5.57. The van der Waals surface area contributed by atoms with Gasteiger partial charge in [-0.05, 0) is 68.4 Å². The quantitative estimate of drug-likeness (QED) is 0.615. The molecule has 26 heavy (non-hydrogen) atoms. The summed E-state index contributed by atoms with van der Waals surface area (Å²) in [7, 11) is 0. The van der Waals surface area contributed by atoms with Gasteiger partial charge in [-0.15, -0.1) is 0 Å². The molecule has 0 unspecified atom stereocenters. The van der Waals surface area contributed by atoms with Crippen LogP contribution in [0.4, 0.5) is 0 Å². The molecule has 0 heterocycles. The second kappa shape index (κ2) is 7.71. The van der Waals surface area contributed by atoms with Crippen LogP contribution >= 0.6 is 0 Å². The predicted molar refractivity (Wildman–Crippen MR) is 103 cm³/mol. The molecule has 0 aliphatic heterocycles. The van der Waals surface area contributed by atoms with E-state index in [9.17, 15) is 10.5 Å². The van der Waals surface area contributed by atoms with Crippen LogP contribution in [0.25, 0.3) is 0 Å². The van der Waals surface area contributed by atoms with Gasteiger partial charge >= 0.3 is 0 Å². The molecule has 3 aliphatic carbocycles. The van der Waals surface area contributed by atoms with Crippen molar-refractivity contribution in [2.24, 2.45) is 10.8 Å². The van der Waals surface area contributed by atoms with Gasteiger partial charge in [-0.25, -0.2) is 0 Å². The van der Waals surface area contributed by atoms with E-state index in [1.165, 1.54) is 51.4 Å². The summed E-state index contributed by atoms with van der Waals surface area (Å²) in [4.78, 5) is 0. The molecule has 3 fully saturated rings. The normalized spacial score (nSPS) is 26.9. The fourth-order valence-corrected chi connectivity index (χ4v) is 5.16. The van der Waals surface area contributed by atoms with Crippen molar-refractivity contribution >= 4 is 0 Å². The maximum atomic E-state index is 9.60. The summed E-state index contributed by atoms with van der Waals surface area (Å²) < 4.78 is 6.18. The lowest BCUT2D eigenvalue weighted by atomic mass is 9.53. The third-order valence-electron chi connectivity index (χ3n) is 6.87. The molecule has 4 rings (SSSR count). The fourth-order valence-electron chi connectivity index (χ4n) is 5.16. The molecule has 1 aromatic rings. The number of ether oxygens (including phenoxy) is 1. The van der Waals surface area contributed by atoms with Crippen molar-refractivity contribution in [3.63, 3.8) is 0 Å². The van der Waals surface area contributed by atoms with Crippen LogP contribution in [-0.4, -0.2) is 6.61 Å². The molecule has 0 N–H and O–H groups in total. The van der Waals surface area contributed by atoms with Crippen LogP contribution in [0.15, 0.2) is 12.1 Å². The van der Waals surface area contributed by atoms with Gasteiger partial charge in [0, 0.05) is 5.41 Å². The molecule has 0 atom stereocenters. The van der Waals surface area contributed by atoms with Crippen LogP contribution in [0.3, 0.4) is 0 Å². The minimum absolute atomic E-state index is 0.275. The summed E-state index contributed by atoms with van der Waals surface area (Å²) in [5, 5.41) is 19.1. The lowest BCUT2D eigenvalue weighted by Crippen LogP contribution is -2.44. The minimum atomic E-state index is 0.275. The summed E-state index contributed by atoms with van der Waals surface area (Å²) in [6.45, 7) is 5.07. The topological polar surface area (TPSA) is 56.8 Å². The summed E-state index contributed by atoms with van der Waals surface area (Å²) in [5.74, 6) is 0.592. The van der Waals surface area contributed by atoms with Crippen LogP contribution in [-0.2, 0) is 6.42 Å². The highest BCUT2D eigenvalue weighted by atomic mass is 16.5. The van der Waals surface area contributed by atoms with E-state index < -0.39 is 0 Å². The van der Waals surface area contributed by atoms with Gasteiger partial charge in [0.1, 0.15) is 23.5 Å². The van der Waals surface area contributed by atoms with Crippen molar-refractivity contribution < 1.29 is 4.74 Å². The Balaban J connectivity index is 1.73. The average molecular weight is 351 g/mol. The van der Waals surface area contributed by atoms with Gasteiger partial charge in [0.25, 0.3) is 0 Å². The maximum absolute atomic E-state index is 9.60. The Morgan fingerprint density at radius 1 is 0.885 bits per heavy atom. The molecule has 3 heteroatoms. The highest BCUT2D eigenvalue weighted by Crippen LogP contribution is 2.58. The number of rotatable bonds is 7. The van der Waals surface area contributed by atoms with E-state index in [1.54, 1.807) is 0 Å². The monoisotopic (exact) mass is 350 g/mol. The van der Waals surface area contributed by atoms with Gasteiger partial charge in [-0.3, -0.25) is 0 Å². The second-order valence-electron chi connectivity index (χ2n) is 8.49. The van der Waals surface area contributed by atoms with E-state index in [4.69, 9.17) is 4.74 Å². The van der Waals surface area contributed by atoms with Crippen molar-refractivity contribution in [3.8, 4) is 17.9 Å². The zero-order valence-electron chi connectivity index (χ0n) is 16.2. The number of benzene rings is 1. The lowest BCUT2D eigenvalue weighted by molar-refractivity contribution is -0.0402. The molecule has 3 nitrogen and oxygen atoms in total. The Bertz CT molecular complexity index is 713. The van der Waals surface area contributed by atoms with Crippen LogP contribution < -0.4 is 4.74 Å². The number of hydrogen-bond donors (Lipinski definition) is 0. The first-order chi connectivity index (χ1) is 12.6. The molecule has 138 valence electrons. The van der Waals surface area contributed by atoms with Crippen molar-refractivity contribution in [2.45, 2.75) is 78.1 Å². The Morgan fingerprint density at radius 2 is 1.50 bits per heavy atom. The molecule has 0 amide bonds. The first kappa shape index (κ1) is 18.8. The highest BCUT2D eigenvalue weighted by Gasteiger charge is 2.48. The van der Waals surface area contributed by atoms with Gasteiger partial charge in [-0.1, -0.05) is 32.8 Å². The van der Waals surface area contributed by atoms with Crippen LogP contribution in [0.5, 0.6) is 5.75 Å². The third-order valence-corrected chi connectivity index (χ3v) is 6.87. The van der Waals surface area contributed by atoms with E-state index in [0.717, 1.165) is 18.4 Å². The van der Waals surface area contributed by atoms with E-state index in [0.29, 0.717) is 28.9 Å². The SMILES string of the molecule is CCCc1ccc(OCC23CCC(CCC)(CC2)CC3)c(C#N)c1C#N. The predicted octanol–water partition coefficient (Wildman–Crippen LogP) is 5.90. The van der Waals surface area contributed by atoms with Crippen LogP contribution in [0, 0.1) is 33.5 Å². The van der Waals surface area contributed by atoms with Crippen molar-refractivity contribution in [3.05, 3.63) is 28.8 Å². The Hall–Kier alpha value is -2.00. The van der Waals surface area contributed by atoms with E-state index in [1.807, 2.05) is 12.1 Å². The van der Waals surface area contributed by atoms with Crippen LogP contribution in [0.2, 0.25) is 0 Å². The van der Waals surface area contributed by atoms with Crippen molar-refractivity contribution in [1.29, 1.82) is 10.5 Å². The fraction of sp³-hybridized carbons (Fsp3) is 0.652. The second-order valence-corrected chi connectivity index (χ2v) is 8.49. The molecular weight excluding hydrogens is 320 g/mol. The lowest BCUT2D eigenvalue weighted by Gasteiger charge is -2.53. The standard InChI is InChI=1S/C23H30N2O/c1-3-5-18-6-7-21(20(16-25)19(18)15-24)26-17-23-12-9-22(8-4-2,10-13-23)11-14-23/h6-7H,3-5,8-14,17H2,1-2H3. The van der Waals surface area contributed by atoms with Gasteiger partial charge in [-0.2, -0.15) is 10.5 Å². The van der Waals surface area contributed by atoms with Crippen molar-refractivity contribution in [2.75, 3.05) is 6.61 Å². The molecule has 0 saturated heterocycles. The summed E-state index contributed by atoms with van der Waals surface area (Å²) in [6.07, 6.45) is 12.2. The number of hydrogen-bond acceptors (Lipinski definition) is 3. The largest absolute Gasteiger partial charge is 0.492 e. The molecule has 3 aliphatic rings. The summed E-state index contributed by atoms with van der Waals surface area (Å²) in [5.41, 5.74) is 2.75. The first-order valence-corrected chi connectivity index (χ1v) is 10.2. The van der Waals surface area contributed by atoms with E-state index >= 15 is 0 Å². The average Bonchev–Trinajstić information content (AvgIpc) is 2.68. The van der Waals surface area contributed by atoms with Crippen molar-refractivity contribution in [1.82, 2.24) is 0 Å². The van der Waals surface area contributed by atoms with Gasteiger partial charge < -0.3 is 4.74 Å². The number of nitrogens with zero attached hydrogens (tertiary/aromatic N) is 2. The third kappa shape index (κ3) is 3.45.